The first-order valence-electron chi connectivity index (χ1n) is 12.0. The van der Waals surface area contributed by atoms with Gasteiger partial charge in [0.2, 0.25) is 5.91 Å². The molecular formula is C27H34N2O3. The second kappa shape index (κ2) is 9.14. The molecule has 2 fully saturated rings. The second-order valence-corrected chi connectivity index (χ2v) is 9.70. The van der Waals surface area contributed by atoms with E-state index < -0.39 is 0 Å². The molecule has 0 spiro atoms. The van der Waals surface area contributed by atoms with Gasteiger partial charge in [0.05, 0.1) is 19.8 Å². The van der Waals surface area contributed by atoms with Crippen LogP contribution in [-0.2, 0) is 24.3 Å². The summed E-state index contributed by atoms with van der Waals surface area (Å²) in [7, 11) is 1.75. The van der Waals surface area contributed by atoms with Crippen LogP contribution < -0.4 is 14.8 Å². The van der Waals surface area contributed by atoms with E-state index in [0.717, 1.165) is 68.5 Å². The summed E-state index contributed by atoms with van der Waals surface area (Å²) >= 11 is 0. The molecule has 0 aromatic heterocycles. The molecule has 1 amide bonds. The predicted molar refractivity (Wildman–Crippen MR) is 125 cm³/mol. The number of nitrogens with one attached hydrogen (secondary N) is 1. The zero-order valence-corrected chi connectivity index (χ0v) is 19.2. The van der Waals surface area contributed by atoms with Crippen LogP contribution in [0, 0.1) is 11.8 Å². The van der Waals surface area contributed by atoms with E-state index in [-0.39, 0.29) is 17.9 Å². The van der Waals surface area contributed by atoms with E-state index >= 15 is 0 Å². The maximum absolute atomic E-state index is 12.0. The van der Waals surface area contributed by atoms with Crippen molar-refractivity contribution in [3.63, 3.8) is 0 Å². The molecule has 1 aliphatic heterocycles. The number of carbonyl (C=O) groups excluding carboxylic acids is 1. The van der Waals surface area contributed by atoms with E-state index in [1.807, 2.05) is 0 Å². The smallest absolute Gasteiger partial charge is 0.223 e. The minimum Gasteiger partial charge on any atom is -0.493 e. The zero-order chi connectivity index (χ0) is 22.1. The van der Waals surface area contributed by atoms with Gasteiger partial charge in [-0.05, 0) is 67.7 Å². The lowest BCUT2D eigenvalue weighted by atomic mass is 9.97. The molecule has 1 atom stereocenters. The molecule has 1 heterocycles. The van der Waals surface area contributed by atoms with Crippen LogP contribution in [-0.4, -0.2) is 31.1 Å². The summed E-state index contributed by atoms with van der Waals surface area (Å²) in [5, 5.41) is 3.13. The van der Waals surface area contributed by atoms with E-state index in [4.69, 9.17) is 9.47 Å². The Bertz CT molecular complexity index is 964. The first-order valence-corrected chi connectivity index (χ1v) is 12.0. The van der Waals surface area contributed by atoms with Crippen molar-refractivity contribution < 1.29 is 14.3 Å². The molecule has 5 heteroatoms. The van der Waals surface area contributed by atoms with Crippen LogP contribution >= 0.6 is 0 Å². The third-order valence-electron chi connectivity index (χ3n) is 6.96. The average Bonchev–Trinajstić information content (AvgIpc) is 3.71. The normalized spacial score (nSPS) is 19.2. The van der Waals surface area contributed by atoms with Gasteiger partial charge < -0.3 is 14.8 Å². The number of methoxy groups -OCH3 is 1. The molecule has 1 N–H and O–H groups in total. The van der Waals surface area contributed by atoms with Gasteiger partial charge in [-0.2, -0.15) is 0 Å². The predicted octanol–water partition coefficient (Wildman–Crippen LogP) is 4.63. The number of carbonyl (C=O) groups is 1. The third kappa shape index (κ3) is 4.93. The maximum Gasteiger partial charge on any atom is 0.223 e. The summed E-state index contributed by atoms with van der Waals surface area (Å²) in [4.78, 5) is 14.5. The molecule has 32 heavy (non-hydrogen) atoms. The Balaban J connectivity index is 1.19. The molecule has 0 saturated heterocycles. The molecule has 5 nitrogen and oxygen atoms in total. The fourth-order valence-electron chi connectivity index (χ4n) is 4.55. The summed E-state index contributed by atoms with van der Waals surface area (Å²) in [6.07, 6.45) is 5.63. The average molecular weight is 435 g/mol. The van der Waals surface area contributed by atoms with Crippen molar-refractivity contribution in [1.29, 1.82) is 0 Å². The van der Waals surface area contributed by atoms with E-state index in [1.54, 1.807) is 7.11 Å². The second-order valence-electron chi connectivity index (χ2n) is 9.70. The van der Waals surface area contributed by atoms with Gasteiger partial charge in [0.1, 0.15) is 0 Å². The van der Waals surface area contributed by atoms with Gasteiger partial charge in [-0.1, -0.05) is 30.3 Å². The SMILES string of the molecule is COc1c(OCC2CC2)ccc2c1CCN(Cc1ccc([C@H](C)NC(=O)C3CC3)cc1)C2. The van der Waals surface area contributed by atoms with Crippen molar-refractivity contribution in [1.82, 2.24) is 10.2 Å². The Morgan fingerprint density at radius 2 is 1.91 bits per heavy atom. The summed E-state index contributed by atoms with van der Waals surface area (Å²) in [5.41, 5.74) is 5.09. The highest BCUT2D eigenvalue weighted by Crippen LogP contribution is 2.38. The van der Waals surface area contributed by atoms with Crippen molar-refractivity contribution in [3.8, 4) is 11.5 Å². The number of benzene rings is 2. The standard InChI is InChI=1S/C27H34N2O3/c1-18(28-27(30)22-9-10-22)21-7-5-19(6-8-21)15-29-14-13-24-23(16-29)11-12-25(26(24)31-2)32-17-20-3-4-20/h5-8,11-12,18,20,22H,3-4,9-10,13-17H2,1-2H3,(H,28,30)/t18-/m0/s1. The maximum atomic E-state index is 12.0. The molecule has 0 unspecified atom stereocenters. The highest BCUT2D eigenvalue weighted by molar-refractivity contribution is 5.81. The van der Waals surface area contributed by atoms with Crippen LogP contribution in [0.2, 0.25) is 0 Å². The molecule has 3 aliphatic rings. The van der Waals surface area contributed by atoms with E-state index in [2.05, 4.69) is 53.5 Å². The lowest BCUT2D eigenvalue weighted by Gasteiger charge is -2.30. The van der Waals surface area contributed by atoms with Crippen molar-refractivity contribution in [2.75, 3.05) is 20.3 Å². The van der Waals surface area contributed by atoms with Gasteiger partial charge in [-0.3, -0.25) is 9.69 Å². The van der Waals surface area contributed by atoms with Crippen molar-refractivity contribution in [3.05, 3.63) is 58.7 Å². The van der Waals surface area contributed by atoms with Gasteiger partial charge in [0.15, 0.2) is 11.5 Å². The molecule has 0 radical (unpaired) electrons. The van der Waals surface area contributed by atoms with E-state index in [1.165, 1.54) is 29.5 Å². The molecule has 2 aromatic rings. The first kappa shape index (κ1) is 21.3. The number of hydrogen-bond donors (Lipinski definition) is 1. The Labute approximate surface area is 191 Å². The number of ether oxygens (including phenoxy) is 2. The summed E-state index contributed by atoms with van der Waals surface area (Å²) in [6, 6.07) is 13.0. The molecule has 2 saturated carbocycles. The van der Waals surface area contributed by atoms with Gasteiger partial charge in [0.25, 0.3) is 0 Å². The van der Waals surface area contributed by atoms with Crippen molar-refractivity contribution >= 4 is 5.91 Å². The van der Waals surface area contributed by atoms with Crippen molar-refractivity contribution in [2.24, 2.45) is 11.8 Å². The highest BCUT2D eigenvalue weighted by atomic mass is 16.5. The molecule has 2 aliphatic carbocycles. The minimum atomic E-state index is 0.0582. The molecule has 170 valence electrons. The van der Waals surface area contributed by atoms with Crippen LogP contribution in [0.15, 0.2) is 36.4 Å². The van der Waals surface area contributed by atoms with E-state index in [0.29, 0.717) is 0 Å². The van der Waals surface area contributed by atoms with Crippen LogP contribution in [0.5, 0.6) is 11.5 Å². The molecule has 2 aromatic carbocycles. The van der Waals surface area contributed by atoms with Crippen molar-refractivity contribution in [2.45, 2.75) is 58.2 Å². The van der Waals surface area contributed by atoms with Gasteiger partial charge in [0, 0.05) is 31.1 Å². The van der Waals surface area contributed by atoms with Gasteiger partial charge in [-0.25, -0.2) is 0 Å². The molecule has 0 bridgehead atoms. The minimum absolute atomic E-state index is 0.0582. The van der Waals surface area contributed by atoms with Crippen LogP contribution in [0.25, 0.3) is 0 Å². The Kier molecular flexibility index (Phi) is 6.09. The molecule has 5 rings (SSSR count). The highest BCUT2D eigenvalue weighted by Gasteiger charge is 2.30. The topological polar surface area (TPSA) is 50.8 Å². The summed E-state index contributed by atoms with van der Waals surface area (Å²) < 4.78 is 11.8. The Morgan fingerprint density at radius 1 is 1.12 bits per heavy atom. The number of nitrogens with zero attached hydrogens (tertiary/aromatic N) is 1. The quantitative estimate of drug-likeness (QED) is 0.625. The lowest BCUT2D eigenvalue weighted by Crippen LogP contribution is -2.30. The monoisotopic (exact) mass is 434 g/mol. The number of fused-ring (bicyclic) bond motifs is 1. The number of hydrogen-bond acceptors (Lipinski definition) is 4. The van der Waals surface area contributed by atoms with Gasteiger partial charge >= 0.3 is 0 Å². The lowest BCUT2D eigenvalue weighted by molar-refractivity contribution is -0.122. The van der Waals surface area contributed by atoms with E-state index in [9.17, 15) is 4.79 Å². The van der Waals surface area contributed by atoms with Crippen LogP contribution in [0.4, 0.5) is 0 Å². The fourth-order valence-corrected chi connectivity index (χ4v) is 4.55. The van der Waals surface area contributed by atoms with Gasteiger partial charge in [-0.15, -0.1) is 0 Å². The first-order chi connectivity index (χ1) is 15.6. The number of rotatable bonds is 9. The Hall–Kier alpha value is -2.53. The largest absolute Gasteiger partial charge is 0.493 e. The number of amides is 1. The molecular weight excluding hydrogens is 400 g/mol. The van der Waals surface area contributed by atoms with Crippen LogP contribution in [0.1, 0.15) is 60.9 Å². The summed E-state index contributed by atoms with van der Waals surface area (Å²) in [5.74, 6) is 3.00. The third-order valence-corrected chi connectivity index (χ3v) is 6.96. The fraction of sp³-hybridized carbons (Fsp3) is 0.519. The zero-order valence-electron chi connectivity index (χ0n) is 19.2. The van der Waals surface area contributed by atoms with Crippen LogP contribution in [0.3, 0.4) is 0 Å². The summed E-state index contributed by atoms with van der Waals surface area (Å²) in [6.45, 7) is 5.72. The Morgan fingerprint density at radius 3 is 2.59 bits per heavy atom.